The van der Waals surface area contributed by atoms with Crippen molar-refractivity contribution in [3.05, 3.63) is 36.0 Å². The van der Waals surface area contributed by atoms with E-state index in [2.05, 4.69) is 16.4 Å². The molecule has 6 heteroatoms. The number of carbonyl (C=O) groups excluding carboxylic acids is 1. The van der Waals surface area contributed by atoms with E-state index in [4.69, 9.17) is 9.47 Å². The molecule has 0 saturated carbocycles. The molecule has 6 nitrogen and oxygen atoms in total. The molecule has 1 aromatic carbocycles. The van der Waals surface area contributed by atoms with Crippen LogP contribution in [0, 0.1) is 0 Å². The molecule has 0 fully saturated rings. The molecule has 1 amide bonds. The number of benzene rings is 1. The molecule has 0 radical (unpaired) electrons. The maximum Gasteiger partial charge on any atom is 0.243 e. The second-order valence-electron chi connectivity index (χ2n) is 6.14. The molecular formula is C19H27N3O3. The Kier molecular flexibility index (Phi) is 6.89. The van der Waals surface area contributed by atoms with E-state index in [-0.39, 0.29) is 5.91 Å². The van der Waals surface area contributed by atoms with Gasteiger partial charge in [0.05, 0.1) is 19.7 Å². The number of carbonyl (C=O) groups is 1. The average Bonchev–Trinajstić information content (AvgIpc) is 3.00. The second kappa shape index (κ2) is 9.13. The fourth-order valence-electron chi connectivity index (χ4n) is 2.58. The van der Waals surface area contributed by atoms with Crippen molar-refractivity contribution in [1.29, 1.82) is 0 Å². The first-order valence-electron chi connectivity index (χ1n) is 8.36. The van der Waals surface area contributed by atoms with E-state index in [1.165, 1.54) is 0 Å². The lowest BCUT2D eigenvalue weighted by Crippen LogP contribution is -2.23. The number of aryl methyl sites for hydroxylation is 1. The van der Waals surface area contributed by atoms with Crippen LogP contribution in [0.25, 0.3) is 10.9 Å². The van der Waals surface area contributed by atoms with Crippen LogP contribution in [0.4, 0.5) is 0 Å². The van der Waals surface area contributed by atoms with Gasteiger partial charge < -0.3 is 24.7 Å². The van der Waals surface area contributed by atoms with Crippen LogP contribution in [-0.4, -0.2) is 57.2 Å². The number of hydrogen-bond donors (Lipinski definition) is 2. The molecule has 0 saturated heterocycles. The molecule has 136 valence electrons. The van der Waals surface area contributed by atoms with Gasteiger partial charge in [0.15, 0.2) is 0 Å². The highest BCUT2D eigenvalue weighted by atomic mass is 16.5. The SMILES string of the molecule is COc1cc(OC)c2cc(CCCNC(=O)/C=C/CN(C)C)[nH]c2c1. The van der Waals surface area contributed by atoms with Crippen LogP contribution in [-0.2, 0) is 11.2 Å². The molecule has 0 spiro atoms. The number of hydrogen-bond acceptors (Lipinski definition) is 4. The fraction of sp³-hybridized carbons (Fsp3) is 0.421. The number of aromatic nitrogens is 1. The average molecular weight is 345 g/mol. The summed E-state index contributed by atoms with van der Waals surface area (Å²) >= 11 is 0. The summed E-state index contributed by atoms with van der Waals surface area (Å²) in [6, 6.07) is 5.92. The molecule has 1 heterocycles. The minimum absolute atomic E-state index is 0.0510. The van der Waals surface area contributed by atoms with E-state index in [1.807, 2.05) is 37.2 Å². The van der Waals surface area contributed by atoms with Crippen molar-refractivity contribution in [3.8, 4) is 11.5 Å². The van der Waals surface area contributed by atoms with Gasteiger partial charge in [-0.05, 0) is 33.0 Å². The van der Waals surface area contributed by atoms with E-state index >= 15 is 0 Å². The Morgan fingerprint density at radius 1 is 1.24 bits per heavy atom. The van der Waals surface area contributed by atoms with Gasteiger partial charge in [0.1, 0.15) is 11.5 Å². The Bertz CT molecular complexity index is 735. The van der Waals surface area contributed by atoms with Crippen molar-refractivity contribution >= 4 is 16.8 Å². The third-order valence-electron chi connectivity index (χ3n) is 3.85. The summed E-state index contributed by atoms with van der Waals surface area (Å²) in [5.41, 5.74) is 2.10. The van der Waals surface area contributed by atoms with Gasteiger partial charge in [-0.2, -0.15) is 0 Å². The number of methoxy groups -OCH3 is 2. The van der Waals surface area contributed by atoms with Gasteiger partial charge >= 0.3 is 0 Å². The van der Waals surface area contributed by atoms with Crippen molar-refractivity contribution < 1.29 is 14.3 Å². The third kappa shape index (κ3) is 5.53. The van der Waals surface area contributed by atoms with E-state index in [9.17, 15) is 4.79 Å². The number of H-pyrrole nitrogens is 1. The second-order valence-corrected chi connectivity index (χ2v) is 6.14. The highest BCUT2D eigenvalue weighted by molar-refractivity contribution is 5.88. The molecule has 0 unspecified atom stereocenters. The number of rotatable bonds is 9. The molecule has 2 rings (SSSR count). The zero-order chi connectivity index (χ0) is 18.2. The standard InChI is InChI=1S/C19H27N3O3/c1-22(2)10-6-8-19(23)20-9-5-7-14-11-16-17(21-14)12-15(24-3)13-18(16)25-4/h6,8,11-13,21H,5,7,9-10H2,1-4H3,(H,20,23)/b8-6+. The molecule has 2 N–H and O–H groups in total. The Hall–Kier alpha value is -2.47. The van der Waals surface area contributed by atoms with Crippen molar-refractivity contribution in [1.82, 2.24) is 15.2 Å². The molecule has 1 aromatic heterocycles. The Morgan fingerprint density at radius 3 is 2.72 bits per heavy atom. The van der Waals surface area contributed by atoms with E-state index in [1.54, 1.807) is 20.3 Å². The summed E-state index contributed by atoms with van der Waals surface area (Å²) in [7, 11) is 7.22. The molecule has 2 aromatic rings. The normalized spacial score (nSPS) is 11.4. The van der Waals surface area contributed by atoms with Crippen LogP contribution >= 0.6 is 0 Å². The topological polar surface area (TPSA) is 66.6 Å². The smallest absolute Gasteiger partial charge is 0.243 e. The maximum atomic E-state index is 11.7. The third-order valence-corrected chi connectivity index (χ3v) is 3.85. The van der Waals surface area contributed by atoms with Crippen LogP contribution in [0.1, 0.15) is 12.1 Å². The minimum atomic E-state index is -0.0510. The Morgan fingerprint density at radius 2 is 2.04 bits per heavy atom. The summed E-state index contributed by atoms with van der Waals surface area (Å²) < 4.78 is 10.7. The van der Waals surface area contributed by atoms with Gasteiger partial charge in [-0.1, -0.05) is 6.08 Å². The maximum absolute atomic E-state index is 11.7. The predicted molar refractivity (Wildman–Crippen MR) is 100 cm³/mol. The van der Waals surface area contributed by atoms with Crippen LogP contribution < -0.4 is 14.8 Å². The first-order chi connectivity index (χ1) is 12.0. The zero-order valence-corrected chi connectivity index (χ0v) is 15.4. The highest BCUT2D eigenvalue weighted by Crippen LogP contribution is 2.31. The van der Waals surface area contributed by atoms with Crippen molar-refractivity contribution in [3.63, 3.8) is 0 Å². The molecule has 0 aliphatic carbocycles. The first kappa shape index (κ1) is 18.9. The number of fused-ring (bicyclic) bond motifs is 1. The summed E-state index contributed by atoms with van der Waals surface area (Å²) in [5, 5.41) is 3.93. The van der Waals surface area contributed by atoms with Gasteiger partial charge in [0.25, 0.3) is 0 Å². The lowest BCUT2D eigenvalue weighted by atomic mass is 10.2. The Labute approximate surface area is 148 Å². The molecule has 0 aliphatic heterocycles. The van der Waals surface area contributed by atoms with E-state index in [0.29, 0.717) is 6.54 Å². The predicted octanol–water partition coefficient (Wildman–Crippen LogP) is 2.35. The quantitative estimate of drug-likeness (QED) is 0.541. The van der Waals surface area contributed by atoms with E-state index in [0.717, 1.165) is 47.5 Å². The van der Waals surface area contributed by atoms with E-state index < -0.39 is 0 Å². The summed E-state index contributed by atoms with van der Waals surface area (Å²) in [6.07, 6.45) is 5.15. The van der Waals surface area contributed by atoms with Crippen LogP contribution in [0.2, 0.25) is 0 Å². The van der Waals surface area contributed by atoms with Gasteiger partial charge in [0, 0.05) is 42.4 Å². The number of nitrogens with one attached hydrogen (secondary N) is 2. The lowest BCUT2D eigenvalue weighted by molar-refractivity contribution is -0.116. The van der Waals surface area contributed by atoms with Gasteiger partial charge in [-0.25, -0.2) is 0 Å². The van der Waals surface area contributed by atoms with Gasteiger partial charge in [0.2, 0.25) is 5.91 Å². The van der Waals surface area contributed by atoms with Crippen molar-refractivity contribution in [2.45, 2.75) is 12.8 Å². The van der Waals surface area contributed by atoms with Crippen LogP contribution in [0.3, 0.4) is 0 Å². The number of aromatic amines is 1. The number of ether oxygens (including phenoxy) is 2. The zero-order valence-electron chi connectivity index (χ0n) is 15.4. The molecule has 0 atom stereocenters. The number of likely N-dealkylation sites (N-methyl/N-ethyl adjacent to an activating group) is 1. The lowest BCUT2D eigenvalue weighted by Gasteiger charge is -2.04. The Balaban J connectivity index is 1.87. The van der Waals surface area contributed by atoms with Crippen LogP contribution in [0.15, 0.2) is 30.4 Å². The monoisotopic (exact) mass is 345 g/mol. The first-order valence-corrected chi connectivity index (χ1v) is 8.36. The summed E-state index contributed by atoms with van der Waals surface area (Å²) in [5.74, 6) is 1.50. The van der Waals surface area contributed by atoms with Crippen molar-refractivity contribution in [2.75, 3.05) is 41.4 Å². The molecule has 0 aliphatic rings. The fourth-order valence-corrected chi connectivity index (χ4v) is 2.58. The van der Waals surface area contributed by atoms with Gasteiger partial charge in [-0.15, -0.1) is 0 Å². The van der Waals surface area contributed by atoms with Crippen molar-refractivity contribution in [2.24, 2.45) is 0 Å². The summed E-state index contributed by atoms with van der Waals surface area (Å²) in [4.78, 5) is 17.1. The number of amides is 1. The van der Waals surface area contributed by atoms with Gasteiger partial charge in [-0.3, -0.25) is 4.79 Å². The molecule has 0 bridgehead atoms. The highest BCUT2D eigenvalue weighted by Gasteiger charge is 2.09. The minimum Gasteiger partial charge on any atom is -0.497 e. The largest absolute Gasteiger partial charge is 0.497 e. The van der Waals surface area contributed by atoms with Crippen LogP contribution in [0.5, 0.6) is 11.5 Å². The molecule has 25 heavy (non-hydrogen) atoms. The summed E-state index contributed by atoms with van der Waals surface area (Å²) in [6.45, 7) is 1.40. The molecular weight excluding hydrogens is 318 g/mol. The number of nitrogens with zero attached hydrogens (tertiary/aromatic N) is 1.